The number of halogens is 2. The summed E-state index contributed by atoms with van der Waals surface area (Å²) in [5.41, 5.74) is 1.51. The maximum Gasteiger partial charge on any atom is 0.240 e. The number of primary sulfonamides is 1. The number of carbonyl (C=O) groups excluding carboxylic acids is 1. The van der Waals surface area contributed by atoms with Crippen LogP contribution >= 0.6 is 11.3 Å². The molecule has 1 amide bonds. The minimum absolute atomic E-state index is 0.00208. The fourth-order valence-corrected chi connectivity index (χ4v) is 4.15. The van der Waals surface area contributed by atoms with E-state index in [9.17, 15) is 22.0 Å². The van der Waals surface area contributed by atoms with Crippen molar-refractivity contribution in [3.05, 3.63) is 65.0 Å². The number of benzene rings is 2. The molecular weight excluding hydrogens is 446 g/mol. The zero-order valence-electron chi connectivity index (χ0n) is 16.7. The Balaban J connectivity index is 1.64. The van der Waals surface area contributed by atoms with Gasteiger partial charge in [-0.3, -0.25) is 9.69 Å². The molecule has 0 fully saturated rings. The van der Waals surface area contributed by atoms with Crippen molar-refractivity contribution in [3.8, 4) is 11.3 Å². The molecule has 3 rings (SSSR count). The van der Waals surface area contributed by atoms with E-state index in [0.29, 0.717) is 22.0 Å². The highest BCUT2D eigenvalue weighted by Crippen LogP contribution is 2.26. The molecule has 3 aromatic rings. The van der Waals surface area contributed by atoms with Crippen LogP contribution in [0.3, 0.4) is 0 Å². The molecule has 0 aliphatic carbocycles. The monoisotopic (exact) mass is 466 g/mol. The molecule has 2 aromatic carbocycles. The Morgan fingerprint density at radius 3 is 2.65 bits per heavy atom. The number of carbonyl (C=O) groups is 1. The molecule has 1 heterocycles. The summed E-state index contributed by atoms with van der Waals surface area (Å²) >= 11 is 1.16. The number of nitrogens with zero attached hydrogens (tertiary/aromatic N) is 2. The number of likely N-dealkylation sites (N-methyl/N-ethyl adjacent to an activating group) is 1. The molecule has 0 bridgehead atoms. The fraction of sp³-hybridized carbons (Fsp3) is 0.200. The lowest BCUT2D eigenvalue weighted by atomic mass is 10.1. The molecule has 31 heavy (non-hydrogen) atoms. The third kappa shape index (κ3) is 5.70. The van der Waals surface area contributed by atoms with E-state index in [0.717, 1.165) is 23.5 Å². The predicted molar refractivity (Wildman–Crippen MR) is 115 cm³/mol. The van der Waals surface area contributed by atoms with Crippen molar-refractivity contribution in [1.29, 1.82) is 0 Å². The lowest BCUT2D eigenvalue weighted by molar-refractivity contribution is -0.117. The molecule has 0 aliphatic rings. The maximum absolute atomic E-state index is 13.4. The SMILES string of the molecule is C[C@@H](c1cccc(S(N)(=O)=O)c1)N(C)CC(=O)Nc1nc(-c2ccc(F)c(F)c2)cs1. The van der Waals surface area contributed by atoms with Gasteiger partial charge in [-0.05, 0) is 49.9 Å². The minimum atomic E-state index is -3.82. The first-order chi connectivity index (χ1) is 14.5. The minimum Gasteiger partial charge on any atom is -0.301 e. The van der Waals surface area contributed by atoms with Crippen LogP contribution in [0.5, 0.6) is 0 Å². The van der Waals surface area contributed by atoms with E-state index in [1.165, 1.54) is 18.2 Å². The van der Waals surface area contributed by atoms with Crippen molar-refractivity contribution in [2.24, 2.45) is 5.14 Å². The van der Waals surface area contributed by atoms with Gasteiger partial charge in [-0.2, -0.15) is 0 Å². The topological polar surface area (TPSA) is 105 Å². The first-order valence-corrected chi connectivity index (χ1v) is 11.5. The fourth-order valence-electron chi connectivity index (χ4n) is 2.85. The van der Waals surface area contributed by atoms with E-state index < -0.39 is 21.7 Å². The van der Waals surface area contributed by atoms with Gasteiger partial charge in [0.1, 0.15) is 0 Å². The van der Waals surface area contributed by atoms with Crippen LogP contribution in [0, 0.1) is 11.6 Å². The molecule has 0 saturated heterocycles. The van der Waals surface area contributed by atoms with Gasteiger partial charge in [-0.1, -0.05) is 12.1 Å². The van der Waals surface area contributed by atoms with Crippen molar-refractivity contribution in [3.63, 3.8) is 0 Å². The largest absolute Gasteiger partial charge is 0.301 e. The number of nitrogens with two attached hydrogens (primary N) is 1. The Hall–Kier alpha value is -2.73. The highest BCUT2D eigenvalue weighted by atomic mass is 32.2. The number of hydrogen-bond acceptors (Lipinski definition) is 6. The number of amides is 1. The summed E-state index contributed by atoms with van der Waals surface area (Å²) in [6.45, 7) is 1.85. The van der Waals surface area contributed by atoms with Gasteiger partial charge in [0.2, 0.25) is 15.9 Å². The summed E-state index contributed by atoms with van der Waals surface area (Å²) in [5.74, 6) is -2.25. The third-order valence-electron chi connectivity index (χ3n) is 4.69. The molecule has 0 saturated carbocycles. The van der Waals surface area contributed by atoms with E-state index in [-0.39, 0.29) is 23.4 Å². The van der Waals surface area contributed by atoms with E-state index >= 15 is 0 Å². The molecule has 1 atom stereocenters. The molecule has 0 spiro atoms. The summed E-state index contributed by atoms with van der Waals surface area (Å²) in [7, 11) is -2.10. The molecule has 7 nitrogen and oxygen atoms in total. The van der Waals surface area contributed by atoms with Gasteiger partial charge in [0.15, 0.2) is 16.8 Å². The summed E-state index contributed by atoms with van der Waals surface area (Å²) in [5, 5.41) is 9.81. The highest BCUT2D eigenvalue weighted by Gasteiger charge is 2.18. The van der Waals surface area contributed by atoms with Gasteiger partial charge < -0.3 is 5.32 Å². The van der Waals surface area contributed by atoms with Crippen molar-refractivity contribution < 1.29 is 22.0 Å². The Morgan fingerprint density at radius 2 is 1.97 bits per heavy atom. The molecule has 1 aromatic heterocycles. The lowest BCUT2D eigenvalue weighted by Gasteiger charge is -2.24. The van der Waals surface area contributed by atoms with Crippen molar-refractivity contribution in [2.75, 3.05) is 18.9 Å². The number of anilines is 1. The maximum atomic E-state index is 13.4. The second kappa shape index (κ2) is 9.18. The van der Waals surface area contributed by atoms with Crippen LogP contribution in [0.2, 0.25) is 0 Å². The van der Waals surface area contributed by atoms with Gasteiger partial charge in [0.05, 0.1) is 17.1 Å². The first kappa shape index (κ1) is 22.9. The number of aromatic nitrogens is 1. The van der Waals surface area contributed by atoms with Gasteiger partial charge >= 0.3 is 0 Å². The van der Waals surface area contributed by atoms with Crippen LogP contribution in [-0.4, -0.2) is 37.8 Å². The smallest absolute Gasteiger partial charge is 0.240 e. The number of hydrogen-bond donors (Lipinski definition) is 2. The Morgan fingerprint density at radius 1 is 1.23 bits per heavy atom. The van der Waals surface area contributed by atoms with Crippen LogP contribution in [0.1, 0.15) is 18.5 Å². The normalized spacial score (nSPS) is 12.7. The van der Waals surface area contributed by atoms with E-state index in [2.05, 4.69) is 10.3 Å². The average molecular weight is 467 g/mol. The van der Waals surface area contributed by atoms with Crippen LogP contribution in [0.25, 0.3) is 11.3 Å². The van der Waals surface area contributed by atoms with Gasteiger partial charge in [-0.15, -0.1) is 11.3 Å². The molecule has 0 radical (unpaired) electrons. The van der Waals surface area contributed by atoms with E-state index in [1.54, 1.807) is 29.5 Å². The van der Waals surface area contributed by atoms with Crippen LogP contribution in [0.4, 0.5) is 13.9 Å². The van der Waals surface area contributed by atoms with Gasteiger partial charge in [0, 0.05) is 17.0 Å². The summed E-state index contributed by atoms with van der Waals surface area (Å²) < 4.78 is 49.6. The van der Waals surface area contributed by atoms with Crippen LogP contribution in [-0.2, 0) is 14.8 Å². The standard InChI is InChI=1S/C20H20F2N4O3S2/c1-12(13-4-3-5-15(8-13)31(23,28)29)26(2)10-19(27)25-20-24-18(11-30-20)14-6-7-16(21)17(22)9-14/h3-9,11-12H,10H2,1-2H3,(H2,23,28,29)(H,24,25,27)/t12-/m0/s1. The van der Waals surface area contributed by atoms with E-state index in [4.69, 9.17) is 5.14 Å². The molecule has 3 N–H and O–H groups in total. The summed E-state index contributed by atoms with van der Waals surface area (Å²) in [6, 6.07) is 9.43. The second-order valence-electron chi connectivity index (χ2n) is 6.92. The van der Waals surface area contributed by atoms with Crippen molar-refractivity contribution in [1.82, 2.24) is 9.88 Å². The Kier molecular flexibility index (Phi) is 6.80. The molecule has 0 aliphatic heterocycles. The quantitative estimate of drug-likeness (QED) is 0.556. The summed E-state index contributed by atoms with van der Waals surface area (Å²) in [4.78, 5) is 18.4. The number of nitrogens with one attached hydrogen (secondary N) is 1. The second-order valence-corrected chi connectivity index (χ2v) is 9.34. The zero-order chi connectivity index (χ0) is 22.8. The highest BCUT2D eigenvalue weighted by molar-refractivity contribution is 7.89. The molecule has 11 heteroatoms. The van der Waals surface area contributed by atoms with Crippen LogP contribution < -0.4 is 10.5 Å². The number of thiazole rings is 1. The Labute approximate surface area is 182 Å². The van der Waals surface area contributed by atoms with E-state index in [1.807, 2.05) is 6.92 Å². The summed E-state index contributed by atoms with van der Waals surface area (Å²) in [6.07, 6.45) is 0. The molecule has 0 unspecified atom stereocenters. The number of rotatable bonds is 7. The van der Waals surface area contributed by atoms with Crippen molar-refractivity contribution >= 4 is 32.4 Å². The number of sulfonamides is 1. The Bertz CT molecular complexity index is 1210. The zero-order valence-corrected chi connectivity index (χ0v) is 18.3. The molecule has 164 valence electrons. The van der Waals surface area contributed by atoms with Gasteiger partial charge in [-0.25, -0.2) is 27.3 Å². The van der Waals surface area contributed by atoms with Gasteiger partial charge in [0.25, 0.3) is 0 Å². The first-order valence-electron chi connectivity index (χ1n) is 9.08. The third-order valence-corrected chi connectivity index (χ3v) is 6.36. The van der Waals surface area contributed by atoms with Crippen LogP contribution in [0.15, 0.2) is 52.7 Å². The average Bonchev–Trinajstić information content (AvgIpc) is 3.17. The van der Waals surface area contributed by atoms with Crippen molar-refractivity contribution in [2.45, 2.75) is 17.9 Å². The lowest BCUT2D eigenvalue weighted by Crippen LogP contribution is -2.32. The molecular formula is C20H20F2N4O3S2. The predicted octanol–water partition coefficient (Wildman–Crippen LogP) is 3.37.